The van der Waals surface area contributed by atoms with Crippen LogP contribution in [-0.4, -0.2) is 21.1 Å². The summed E-state index contributed by atoms with van der Waals surface area (Å²) in [4.78, 5) is 15.9. The predicted octanol–water partition coefficient (Wildman–Crippen LogP) is 2.76. The largest absolute Gasteiger partial charge is 0.419 e. The Morgan fingerprint density at radius 2 is 2.05 bits per heavy atom. The Hall–Kier alpha value is -2.45. The Morgan fingerprint density at radius 1 is 1.36 bits per heavy atom. The number of carbonyl (C=O) groups is 1. The van der Waals surface area contributed by atoms with Crippen LogP contribution in [0, 0.1) is 12.7 Å². The number of hydrogen-bond donors (Lipinski definition) is 2. The van der Waals surface area contributed by atoms with Gasteiger partial charge >= 0.3 is 6.18 Å². The standard InChI is InChI=1S/C13H12F4N4O/c1-6-8(3-4-9(10(6)14)13(15,16)17)12(22)20-7(2)11-18-5-19-21-11/h3-5,7H,1-2H3,(H,20,22)(H,18,19,21)/t7-/m1/s1. The Kier molecular flexibility index (Phi) is 4.16. The molecule has 0 saturated heterocycles. The van der Waals surface area contributed by atoms with Crippen molar-refractivity contribution in [3.63, 3.8) is 0 Å². The average molecular weight is 316 g/mol. The van der Waals surface area contributed by atoms with Gasteiger partial charge in [-0.25, -0.2) is 9.37 Å². The molecular weight excluding hydrogens is 304 g/mol. The molecule has 1 atom stereocenters. The molecule has 1 heterocycles. The first-order chi connectivity index (χ1) is 10.2. The molecule has 2 rings (SSSR count). The second kappa shape index (κ2) is 5.74. The molecule has 1 aromatic heterocycles. The second-order valence-corrected chi connectivity index (χ2v) is 4.66. The van der Waals surface area contributed by atoms with Crippen LogP contribution in [0.5, 0.6) is 0 Å². The molecule has 118 valence electrons. The van der Waals surface area contributed by atoms with Crippen LogP contribution in [0.15, 0.2) is 18.5 Å². The van der Waals surface area contributed by atoms with E-state index in [4.69, 9.17) is 0 Å². The van der Waals surface area contributed by atoms with Gasteiger partial charge in [0.05, 0.1) is 11.6 Å². The molecule has 9 heteroatoms. The van der Waals surface area contributed by atoms with Gasteiger partial charge in [-0.3, -0.25) is 9.89 Å². The van der Waals surface area contributed by atoms with Gasteiger partial charge < -0.3 is 5.32 Å². The number of nitrogens with one attached hydrogen (secondary N) is 2. The zero-order valence-electron chi connectivity index (χ0n) is 11.6. The highest BCUT2D eigenvalue weighted by Gasteiger charge is 2.35. The lowest BCUT2D eigenvalue weighted by atomic mass is 10.0. The molecule has 0 aliphatic heterocycles. The summed E-state index contributed by atoms with van der Waals surface area (Å²) in [6, 6.07) is 0.944. The van der Waals surface area contributed by atoms with Gasteiger partial charge in [0.25, 0.3) is 5.91 Å². The van der Waals surface area contributed by atoms with Crippen LogP contribution >= 0.6 is 0 Å². The second-order valence-electron chi connectivity index (χ2n) is 4.66. The van der Waals surface area contributed by atoms with Crippen LogP contribution in [0.25, 0.3) is 0 Å². The summed E-state index contributed by atoms with van der Waals surface area (Å²) in [5, 5.41) is 8.68. The summed E-state index contributed by atoms with van der Waals surface area (Å²) in [7, 11) is 0. The van der Waals surface area contributed by atoms with Crippen molar-refractivity contribution >= 4 is 5.91 Å². The van der Waals surface area contributed by atoms with Crippen LogP contribution in [-0.2, 0) is 6.18 Å². The number of nitrogens with zero attached hydrogens (tertiary/aromatic N) is 2. The smallest absolute Gasteiger partial charge is 0.342 e. The molecule has 0 radical (unpaired) electrons. The lowest BCUT2D eigenvalue weighted by molar-refractivity contribution is -0.140. The third-order valence-electron chi connectivity index (χ3n) is 3.13. The number of halogens is 4. The van der Waals surface area contributed by atoms with Gasteiger partial charge in [-0.1, -0.05) is 0 Å². The third-order valence-corrected chi connectivity index (χ3v) is 3.13. The fraction of sp³-hybridized carbons (Fsp3) is 0.308. The molecule has 0 aliphatic rings. The molecule has 1 amide bonds. The van der Waals surface area contributed by atoms with Crippen molar-refractivity contribution in [2.24, 2.45) is 0 Å². The van der Waals surface area contributed by atoms with Crippen molar-refractivity contribution in [3.8, 4) is 0 Å². The topological polar surface area (TPSA) is 70.7 Å². The van der Waals surface area contributed by atoms with E-state index in [2.05, 4.69) is 20.5 Å². The van der Waals surface area contributed by atoms with E-state index >= 15 is 0 Å². The minimum atomic E-state index is -4.81. The van der Waals surface area contributed by atoms with Gasteiger partial charge in [0.1, 0.15) is 18.0 Å². The highest BCUT2D eigenvalue weighted by atomic mass is 19.4. The number of alkyl halides is 3. The van der Waals surface area contributed by atoms with Crippen LogP contribution in [0.3, 0.4) is 0 Å². The van der Waals surface area contributed by atoms with E-state index < -0.39 is 29.5 Å². The molecule has 0 saturated carbocycles. The van der Waals surface area contributed by atoms with E-state index in [1.165, 1.54) is 6.33 Å². The van der Waals surface area contributed by atoms with Gasteiger partial charge in [-0.05, 0) is 31.5 Å². The lowest BCUT2D eigenvalue weighted by Gasteiger charge is -2.15. The summed E-state index contributed by atoms with van der Waals surface area (Å²) in [5.74, 6) is -1.78. The predicted molar refractivity (Wildman–Crippen MR) is 68.4 cm³/mol. The van der Waals surface area contributed by atoms with Crippen LogP contribution in [0.4, 0.5) is 17.6 Å². The zero-order chi connectivity index (χ0) is 16.5. The molecule has 0 aliphatic carbocycles. The van der Waals surface area contributed by atoms with Gasteiger partial charge in [0, 0.05) is 5.56 Å². The molecule has 2 aromatic rings. The van der Waals surface area contributed by atoms with E-state index in [9.17, 15) is 22.4 Å². The summed E-state index contributed by atoms with van der Waals surface area (Å²) in [5.41, 5.74) is -1.93. The first-order valence-electron chi connectivity index (χ1n) is 6.24. The highest BCUT2D eigenvalue weighted by molar-refractivity contribution is 5.96. The Bertz CT molecular complexity index is 682. The minimum Gasteiger partial charge on any atom is -0.342 e. The first kappa shape index (κ1) is 15.9. The monoisotopic (exact) mass is 316 g/mol. The number of aromatic amines is 1. The molecule has 1 aromatic carbocycles. The summed E-state index contributed by atoms with van der Waals surface area (Å²) < 4.78 is 51.6. The summed E-state index contributed by atoms with van der Waals surface area (Å²) >= 11 is 0. The molecule has 5 nitrogen and oxygen atoms in total. The van der Waals surface area contributed by atoms with E-state index in [1.807, 2.05) is 0 Å². The van der Waals surface area contributed by atoms with Crippen molar-refractivity contribution in [2.45, 2.75) is 26.1 Å². The first-order valence-corrected chi connectivity index (χ1v) is 6.24. The number of hydrogen-bond acceptors (Lipinski definition) is 3. The normalized spacial score (nSPS) is 13.0. The Morgan fingerprint density at radius 3 is 2.59 bits per heavy atom. The van der Waals surface area contributed by atoms with Crippen molar-refractivity contribution in [1.29, 1.82) is 0 Å². The van der Waals surface area contributed by atoms with E-state index in [0.717, 1.165) is 13.0 Å². The average Bonchev–Trinajstić information content (AvgIpc) is 2.94. The number of carbonyl (C=O) groups excluding carboxylic acids is 1. The minimum absolute atomic E-state index is 0.170. The molecule has 0 fully saturated rings. The van der Waals surface area contributed by atoms with E-state index in [-0.39, 0.29) is 11.1 Å². The molecule has 2 N–H and O–H groups in total. The third kappa shape index (κ3) is 3.07. The Balaban J connectivity index is 2.26. The number of H-pyrrole nitrogens is 1. The van der Waals surface area contributed by atoms with Gasteiger partial charge in [-0.15, -0.1) is 0 Å². The number of aromatic nitrogens is 3. The molecule has 0 spiro atoms. The zero-order valence-corrected chi connectivity index (χ0v) is 11.6. The molecule has 22 heavy (non-hydrogen) atoms. The fourth-order valence-corrected chi connectivity index (χ4v) is 1.92. The van der Waals surface area contributed by atoms with Crippen molar-refractivity contribution < 1.29 is 22.4 Å². The van der Waals surface area contributed by atoms with Gasteiger partial charge in [0.2, 0.25) is 0 Å². The van der Waals surface area contributed by atoms with E-state index in [1.54, 1.807) is 6.92 Å². The van der Waals surface area contributed by atoms with Crippen molar-refractivity contribution in [3.05, 3.63) is 46.8 Å². The molecule has 0 bridgehead atoms. The van der Waals surface area contributed by atoms with Crippen molar-refractivity contribution in [2.75, 3.05) is 0 Å². The Labute approximate surface area is 122 Å². The maximum atomic E-state index is 13.8. The summed E-state index contributed by atoms with van der Waals surface area (Å²) in [6.07, 6.45) is -3.56. The van der Waals surface area contributed by atoms with Gasteiger partial charge in [-0.2, -0.15) is 18.3 Å². The number of benzene rings is 1. The lowest BCUT2D eigenvalue weighted by Crippen LogP contribution is -2.28. The highest BCUT2D eigenvalue weighted by Crippen LogP contribution is 2.33. The van der Waals surface area contributed by atoms with Crippen LogP contribution in [0.1, 0.15) is 40.3 Å². The molecule has 0 unspecified atom stereocenters. The summed E-state index contributed by atoms with van der Waals surface area (Å²) in [6.45, 7) is 2.73. The maximum Gasteiger partial charge on any atom is 0.419 e. The quantitative estimate of drug-likeness (QED) is 0.855. The SMILES string of the molecule is Cc1c(C(=O)N[C@H](C)c2ncn[nH]2)ccc(C(F)(F)F)c1F. The molecular formula is C13H12F4N4O. The number of amides is 1. The van der Waals surface area contributed by atoms with Crippen molar-refractivity contribution in [1.82, 2.24) is 20.5 Å². The fourth-order valence-electron chi connectivity index (χ4n) is 1.92. The maximum absolute atomic E-state index is 13.8. The van der Waals surface area contributed by atoms with Gasteiger partial charge in [0.15, 0.2) is 0 Å². The van der Waals surface area contributed by atoms with E-state index in [0.29, 0.717) is 11.9 Å². The van der Waals surface area contributed by atoms with Crippen LogP contribution < -0.4 is 5.32 Å². The van der Waals surface area contributed by atoms with Crippen LogP contribution in [0.2, 0.25) is 0 Å². The number of rotatable bonds is 3.